The summed E-state index contributed by atoms with van der Waals surface area (Å²) < 4.78 is 7.25. The second-order valence-corrected chi connectivity index (χ2v) is 4.40. The van der Waals surface area contributed by atoms with Crippen LogP contribution >= 0.6 is 11.6 Å². The van der Waals surface area contributed by atoms with E-state index in [-0.39, 0.29) is 5.56 Å². The molecular weight excluding hydrogens is 250 g/mol. The molecule has 0 aliphatic rings. The molecule has 3 nitrogen and oxygen atoms in total. The van der Waals surface area contributed by atoms with Gasteiger partial charge in [0.15, 0.2) is 0 Å². The van der Waals surface area contributed by atoms with Crippen LogP contribution in [-0.4, -0.2) is 11.2 Å². The lowest BCUT2D eigenvalue weighted by molar-refractivity contribution is 0.295. The van der Waals surface area contributed by atoms with Gasteiger partial charge in [-0.05, 0) is 37.3 Å². The van der Waals surface area contributed by atoms with Crippen molar-refractivity contribution in [3.05, 3.63) is 63.5 Å². The van der Waals surface area contributed by atoms with Crippen LogP contribution in [0.2, 0.25) is 5.02 Å². The molecule has 0 N–H and O–H groups in total. The average molecular weight is 264 g/mol. The second kappa shape index (κ2) is 5.74. The van der Waals surface area contributed by atoms with Crippen LogP contribution < -0.4 is 10.3 Å². The summed E-state index contributed by atoms with van der Waals surface area (Å²) in [5, 5.41) is 0.678. The molecule has 0 atom stereocenters. The summed E-state index contributed by atoms with van der Waals surface area (Å²) >= 11 is 5.78. The molecule has 0 bridgehead atoms. The van der Waals surface area contributed by atoms with Gasteiger partial charge in [0, 0.05) is 16.8 Å². The summed E-state index contributed by atoms with van der Waals surface area (Å²) in [6, 6.07) is 12.4. The summed E-state index contributed by atoms with van der Waals surface area (Å²) in [5.41, 5.74) is 0.928. The van der Waals surface area contributed by atoms with Crippen LogP contribution in [0.5, 0.6) is 5.75 Å². The SMILES string of the molecule is Cc1cccc(=O)n1CCOc1ccc(Cl)cc1. The topological polar surface area (TPSA) is 31.2 Å². The van der Waals surface area contributed by atoms with Crippen molar-refractivity contribution < 1.29 is 4.74 Å². The minimum atomic E-state index is -0.00490. The van der Waals surface area contributed by atoms with Gasteiger partial charge < -0.3 is 9.30 Å². The van der Waals surface area contributed by atoms with E-state index in [1.165, 1.54) is 0 Å². The van der Waals surface area contributed by atoms with Crippen LogP contribution in [0.4, 0.5) is 0 Å². The lowest BCUT2D eigenvalue weighted by Crippen LogP contribution is -2.23. The first-order valence-corrected chi connectivity index (χ1v) is 6.09. The van der Waals surface area contributed by atoms with E-state index < -0.39 is 0 Å². The number of ether oxygens (including phenoxy) is 1. The largest absolute Gasteiger partial charge is 0.492 e. The third kappa shape index (κ3) is 3.14. The summed E-state index contributed by atoms with van der Waals surface area (Å²) in [6.07, 6.45) is 0. The Morgan fingerprint density at radius 3 is 2.56 bits per heavy atom. The van der Waals surface area contributed by atoms with E-state index in [4.69, 9.17) is 16.3 Å². The fourth-order valence-electron chi connectivity index (χ4n) is 1.70. The molecule has 0 spiro atoms. The molecular formula is C14H14ClNO2. The van der Waals surface area contributed by atoms with E-state index in [1.54, 1.807) is 28.8 Å². The quantitative estimate of drug-likeness (QED) is 0.849. The minimum Gasteiger partial charge on any atom is -0.492 e. The first-order chi connectivity index (χ1) is 8.66. The Morgan fingerprint density at radius 2 is 1.89 bits per heavy atom. The molecule has 4 heteroatoms. The lowest BCUT2D eigenvalue weighted by atomic mass is 10.3. The third-order valence-corrected chi connectivity index (χ3v) is 2.92. The Kier molecular flexibility index (Phi) is 4.05. The maximum Gasteiger partial charge on any atom is 0.250 e. The summed E-state index contributed by atoms with van der Waals surface area (Å²) in [5.74, 6) is 0.751. The Bertz CT molecular complexity index is 575. The summed E-state index contributed by atoms with van der Waals surface area (Å²) in [7, 11) is 0. The number of rotatable bonds is 4. The summed E-state index contributed by atoms with van der Waals surface area (Å²) in [6.45, 7) is 2.89. The van der Waals surface area contributed by atoms with Gasteiger partial charge >= 0.3 is 0 Å². The van der Waals surface area contributed by atoms with Gasteiger partial charge in [0.2, 0.25) is 0 Å². The minimum absolute atomic E-state index is 0.00490. The lowest BCUT2D eigenvalue weighted by Gasteiger charge is -2.10. The van der Waals surface area contributed by atoms with E-state index in [1.807, 2.05) is 25.1 Å². The van der Waals surface area contributed by atoms with Gasteiger partial charge in [-0.25, -0.2) is 0 Å². The zero-order valence-electron chi connectivity index (χ0n) is 10.1. The number of pyridine rings is 1. The van der Waals surface area contributed by atoms with Crippen molar-refractivity contribution in [1.82, 2.24) is 4.57 Å². The van der Waals surface area contributed by atoms with E-state index in [9.17, 15) is 4.79 Å². The highest BCUT2D eigenvalue weighted by Crippen LogP contribution is 2.15. The van der Waals surface area contributed by atoms with Crippen molar-refractivity contribution in [2.45, 2.75) is 13.5 Å². The Morgan fingerprint density at radius 1 is 1.17 bits per heavy atom. The number of benzene rings is 1. The number of aryl methyl sites for hydroxylation is 1. The van der Waals surface area contributed by atoms with E-state index >= 15 is 0 Å². The maximum atomic E-state index is 11.6. The third-order valence-electron chi connectivity index (χ3n) is 2.67. The van der Waals surface area contributed by atoms with Crippen LogP contribution in [0, 0.1) is 6.92 Å². The van der Waals surface area contributed by atoms with Gasteiger partial charge in [0.1, 0.15) is 12.4 Å². The molecule has 94 valence electrons. The van der Waals surface area contributed by atoms with Crippen molar-refractivity contribution in [2.75, 3.05) is 6.61 Å². The molecule has 1 aromatic heterocycles. The molecule has 1 heterocycles. The van der Waals surface area contributed by atoms with Crippen LogP contribution in [-0.2, 0) is 6.54 Å². The number of nitrogens with zero attached hydrogens (tertiary/aromatic N) is 1. The van der Waals surface area contributed by atoms with Crippen molar-refractivity contribution in [2.24, 2.45) is 0 Å². The van der Waals surface area contributed by atoms with E-state index in [0.717, 1.165) is 11.4 Å². The molecule has 0 aliphatic heterocycles. The van der Waals surface area contributed by atoms with Crippen molar-refractivity contribution in [3.63, 3.8) is 0 Å². The second-order valence-electron chi connectivity index (χ2n) is 3.96. The first kappa shape index (κ1) is 12.7. The molecule has 2 rings (SSSR count). The van der Waals surface area contributed by atoms with E-state index in [0.29, 0.717) is 18.2 Å². The van der Waals surface area contributed by atoms with Gasteiger partial charge in [0.05, 0.1) is 6.54 Å². The molecule has 0 amide bonds. The standard InChI is InChI=1S/C14H14ClNO2/c1-11-3-2-4-14(17)16(11)9-10-18-13-7-5-12(15)6-8-13/h2-8H,9-10H2,1H3. The maximum absolute atomic E-state index is 11.6. The zero-order chi connectivity index (χ0) is 13.0. The predicted molar refractivity (Wildman–Crippen MR) is 72.4 cm³/mol. The molecule has 0 saturated heterocycles. The molecule has 1 aromatic carbocycles. The van der Waals surface area contributed by atoms with Gasteiger partial charge in [-0.3, -0.25) is 4.79 Å². The highest BCUT2D eigenvalue weighted by atomic mass is 35.5. The fourth-order valence-corrected chi connectivity index (χ4v) is 1.82. The summed E-state index contributed by atoms with van der Waals surface area (Å²) in [4.78, 5) is 11.6. The van der Waals surface area contributed by atoms with E-state index in [2.05, 4.69) is 0 Å². The Hall–Kier alpha value is -1.74. The normalized spacial score (nSPS) is 10.3. The molecule has 0 fully saturated rings. The number of halogens is 1. The predicted octanol–water partition coefficient (Wildman–Crippen LogP) is 2.89. The van der Waals surface area contributed by atoms with Crippen molar-refractivity contribution in [1.29, 1.82) is 0 Å². The highest BCUT2D eigenvalue weighted by Gasteiger charge is 1.99. The number of hydrogen-bond acceptors (Lipinski definition) is 2. The first-order valence-electron chi connectivity index (χ1n) is 5.71. The average Bonchev–Trinajstić information content (AvgIpc) is 2.35. The number of aromatic nitrogens is 1. The van der Waals surface area contributed by atoms with Crippen LogP contribution in [0.3, 0.4) is 0 Å². The van der Waals surface area contributed by atoms with Gasteiger partial charge in [0.25, 0.3) is 5.56 Å². The van der Waals surface area contributed by atoms with Crippen molar-refractivity contribution in [3.8, 4) is 5.75 Å². The van der Waals surface area contributed by atoms with Crippen LogP contribution in [0.25, 0.3) is 0 Å². The van der Waals surface area contributed by atoms with Gasteiger partial charge in [-0.1, -0.05) is 17.7 Å². The van der Waals surface area contributed by atoms with Gasteiger partial charge in [-0.2, -0.15) is 0 Å². The highest BCUT2D eigenvalue weighted by molar-refractivity contribution is 6.30. The molecule has 0 unspecified atom stereocenters. The molecule has 18 heavy (non-hydrogen) atoms. The molecule has 0 saturated carbocycles. The van der Waals surface area contributed by atoms with Crippen molar-refractivity contribution >= 4 is 11.6 Å². The monoisotopic (exact) mass is 263 g/mol. The Balaban J connectivity index is 1.96. The number of hydrogen-bond donors (Lipinski definition) is 0. The smallest absolute Gasteiger partial charge is 0.250 e. The Labute approximate surface area is 111 Å². The molecule has 2 aromatic rings. The zero-order valence-corrected chi connectivity index (χ0v) is 10.9. The fraction of sp³-hybridized carbons (Fsp3) is 0.214. The van der Waals surface area contributed by atoms with Crippen LogP contribution in [0.1, 0.15) is 5.69 Å². The molecule has 0 radical (unpaired) electrons. The van der Waals surface area contributed by atoms with Gasteiger partial charge in [-0.15, -0.1) is 0 Å². The van der Waals surface area contributed by atoms with Crippen LogP contribution in [0.15, 0.2) is 47.3 Å². The molecule has 0 aliphatic carbocycles.